The van der Waals surface area contributed by atoms with Gasteiger partial charge >= 0.3 is 0 Å². The van der Waals surface area contributed by atoms with Crippen LogP contribution in [0.25, 0.3) is 0 Å². The zero-order valence-electron chi connectivity index (χ0n) is 12.5. The average Bonchev–Trinajstić information content (AvgIpc) is 2.47. The van der Waals surface area contributed by atoms with Crippen LogP contribution in [0.15, 0.2) is 48.5 Å². The fraction of sp³-hybridized carbons (Fsp3) is 0.294. The van der Waals surface area contributed by atoms with E-state index in [2.05, 4.69) is 5.32 Å². The van der Waals surface area contributed by atoms with Crippen molar-refractivity contribution in [2.75, 3.05) is 6.54 Å². The van der Waals surface area contributed by atoms with Crippen molar-refractivity contribution >= 4 is 24.0 Å². The maximum atomic E-state index is 9.22. The number of hydrogen-bond donors (Lipinski definition) is 2. The molecule has 0 radical (unpaired) electrons. The molecule has 2 aromatic carbocycles. The van der Waals surface area contributed by atoms with E-state index < -0.39 is 0 Å². The highest BCUT2D eigenvalue weighted by Gasteiger charge is 2.00. The van der Waals surface area contributed by atoms with E-state index in [1.165, 1.54) is 0 Å². The van der Waals surface area contributed by atoms with Crippen molar-refractivity contribution in [3.05, 3.63) is 64.7 Å². The predicted octanol–water partition coefficient (Wildman–Crippen LogP) is 3.81. The SMILES string of the molecule is CC(O)CNCc1cccc(OCc2ccc(Cl)cc2)c1.Cl. The molecular formula is C17H21Cl2NO2. The van der Waals surface area contributed by atoms with Crippen molar-refractivity contribution in [1.29, 1.82) is 0 Å². The maximum Gasteiger partial charge on any atom is 0.120 e. The van der Waals surface area contributed by atoms with E-state index >= 15 is 0 Å². The molecule has 0 spiro atoms. The molecule has 0 aromatic heterocycles. The van der Waals surface area contributed by atoms with E-state index in [0.717, 1.165) is 21.9 Å². The minimum Gasteiger partial charge on any atom is -0.489 e. The predicted molar refractivity (Wildman–Crippen MR) is 92.9 cm³/mol. The van der Waals surface area contributed by atoms with E-state index in [0.29, 0.717) is 19.7 Å². The third-order valence-electron chi connectivity index (χ3n) is 2.99. The Morgan fingerprint density at radius 3 is 2.55 bits per heavy atom. The second kappa shape index (κ2) is 9.70. The Kier molecular flexibility index (Phi) is 8.28. The van der Waals surface area contributed by atoms with Gasteiger partial charge in [-0.3, -0.25) is 0 Å². The van der Waals surface area contributed by atoms with E-state index in [1.54, 1.807) is 6.92 Å². The van der Waals surface area contributed by atoms with Crippen molar-refractivity contribution in [3.8, 4) is 5.75 Å². The van der Waals surface area contributed by atoms with Crippen LogP contribution < -0.4 is 10.1 Å². The van der Waals surface area contributed by atoms with E-state index in [4.69, 9.17) is 16.3 Å². The summed E-state index contributed by atoms with van der Waals surface area (Å²) < 4.78 is 5.78. The van der Waals surface area contributed by atoms with Crippen LogP contribution in [0.1, 0.15) is 18.1 Å². The summed E-state index contributed by atoms with van der Waals surface area (Å²) >= 11 is 5.85. The zero-order valence-corrected chi connectivity index (χ0v) is 14.0. The Morgan fingerprint density at radius 2 is 1.86 bits per heavy atom. The van der Waals surface area contributed by atoms with Crippen LogP contribution in [0.2, 0.25) is 5.02 Å². The molecule has 0 aliphatic heterocycles. The first-order chi connectivity index (χ1) is 10.1. The quantitative estimate of drug-likeness (QED) is 0.804. The maximum absolute atomic E-state index is 9.22. The number of hydrogen-bond acceptors (Lipinski definition) is 3. The Balaban J connectivity index is 0.00000242. The van der Waals surface area contributed by atoms with E-state index in [-0.39, 0.29) is 18.5 Å². The molecule has 0 aliphatic carbocycles. The molecule has 2 aromatic rings. The fourth-order valence-corrected chi connectivity index (χ4v) is 2.04. The van der Waals surface area contributed by atoms with Crippen LogP contribution in [0.4, 0.5) is 0 Å². The van der Waals surface area contributed by atoms with Gasteiger partial charge in [-0.1, -0.05) is 35.9 Å². The molecular weight excluding hydrogens is 321 g/mol. The van der Waals surface area contributed by atoms with Crippen molar-refractivity contribution < 1.29 is 9.84 Å². The summed E-state index contributed by atoms with van der Waals surface area (Å²) in [6.45, 7) is 3.57. The minimum atomic E-state index is -0.339. The van der Waals surface area contributed by atoms with Crippen LogP contribution >= 0.6 is 24.0 Å². The van der Waals surface area contributed by atoms with Gasteiger partial charge in [0.2, 0.25) is 0 Å². The number of rotatable bonds is 7. The molecule has 0 bridgehead atoms. The second-order valence-corrected chi connectivity index (χ2v) is 5.48. The summed E-state index contributed by atoms with van der Waals surface area (Å²) in [5, 5.41) is 13.1. The summed E-state index contributed by atoms with van der Waals surface area (Å²) in [7, 11) is 0. The lowest BCUT2D eigenvalue weighted by atomic mass is 10.2. The molecule has 120 valence electrons. The van der Waals surface area contributed by atoms with Crippen LogP contribution in [-0.4, -0.2) is 17.8 Å². The van der Waals surface area contributed by atoms with Gasteiger partial charge in [0.25, 0.3) is 0 Å². The van der Waals surface area contributed by atoms with Gasteiger partial charge in [-0.25, -0.2) is 0 Å². The van der Waals surface area contributed by atoms with Crippen LogP contribution in [-0.2, 0) is 13.2 Å². The van der Waals surface area contributed by atoms with Gasteiger partial charge in [-0.2, -0.15) is 0 Å². The molecule has 5 heteroatoms. The first kappa shape index (κ1) is 18.8. The third-order valence-corrected chi connectivity index (χ3v) is 3.24. The number of benzene rings is 2. The molecule has 1 atom stereocenters. The first-order valence-electron chi connectivity index (χ1n) is 6.98. The second-order valence-electron chi connectivity index (χ2n) is 5.04. The number of ether oxygens (including phenoxy) is 1. The van der Waals surface area contributed by atoms with E-state index in [1.807, 2.05) is 48.5 Å². The molecule has 0 aliphatic rings. The van der Waals surface area contributed by atoms with Crippen molar-refractivity contribution in [1.82, 2.24) is 5.32 Å². The number of aliphatic hydroxyl groups excluding tert-OH is 1. The van der Waals surface area contributed by atoms with Crippen molar-refractivity contribution in [3.63, 3.8) is 0 Å². The molecule has 22 heavy (non-hydrogen) atoms. The molecule has 2 rings (SSSR count). The highest BCUT2D eigenvalue weighted by Crippen LogP contribution is 2.16. The Morgan fingerprint density at radius 1 is 1.14 bits per heavy atom. The standard InChI is InChI=1S/C17H20ClNO2.ClH/c1-13(20)10-19-11-15-3-2-4-17(9-15)21-12-14-5-7-16(18)8-6-14;/h2-9,13,19-20H,10-12H2,1H3;1H. The summed E-state index contributed by atoms with van der Waals surface area (Å²) in [5.41, 5.74) is 2.21. The summed E-state index contributed by atoms with van der Waals surface area (Å²) in [6.07, 6.45) is -0.339. The molecule has 0 fully saturated rings. The fourth-order valence-electron chi connectivity index (χ4n) is 1.92. The van der Waals surface area contributed by atoms with Gasteiger partial charge < -0.3 is 15.2 Å². The molecule has 1 unspecified atom stereocenters. The molecule has 0 heterocycles. The summed E-state index contributed by atoms with van der Waals surface area (Å²) in [5.74, 6) is 0.835. The average molecular weight is 342 g/mol. The summed E-state index contributed by atoms with van der Waals surface area (Å²) in [6, 6.07) is 15.6. The number of aliphatic hydroxyl groups is 1. The normalized spacial score (nSPS) is 11.6. The molecule has 0 saturated heterocycles. The topological polar surface area (TPSA) is 41.5 Å². The lowest BCUT2D eigenvalue weighted by Crippen LogP contribution is -2.23. The van der Waals surface area contributed by atoms with Gasteiger partial charge in [-0.05, 0) is 42.3 Å². The lowest BCUT2D eigenvalue weighted by molar-refractivity contribution is 0.191. The largest absolute Gasteiger partial charge is 0.489 e. The molecule has 0 amide bonds. The van der Waals surface area contributed by atoms with Crippen molar-refractivity contribution in [2.24, 2.45) is 0 Å². The van der Waals surface area contributed by atoms with Crippen LogP contribution in [0.5, 0.6) is 5.75 Å². The van der Waals surface area contributed by atoms with E-state index in [9.17, 15) is 5.11 Å². The van der Waals surface area contributed by atoms with Gasteiger partial charge in [-0.15, -0.1) is 12.4 Å². The Hall–Kier alpha value is -1.26. The number of nitrogens with one attached hydrogen (secondary N) is 1. The highest BCUT2D eigenvalue weighted by molar-refractivity contribution is 6.30. The molecule has 2 N–H and O–H groups in total. The number of halogens is 2. The van der Waals surface area contributed by atoms with Gasteiger partial charge in [0.1, 0.15) is 12.4 Å². The summed E-state index contributed by atoms with van der Waals surface area (Å²) in [4.78, 5) is 0. The minimum absolute atomic E-state index is 0. The highest BCUT2D eigenvalue weighted by atomic mass is 35.5. The Labute approximate surface area is 142 Å². The van der Waals surface area contributed by atoms with Gasteiger partial charge in [0.15, 0.2) is 0 Å². The smallest absolute Gasteiger partial charge is 0.120 e. The lowest BCUT2D eigenvalue weighted by Gasteiger charge is -2.10. The molecule has 0 saturated carbocycles. The monoisotopic (exact) mass is 341 g/mol. The first-order valence-corrected chi connectivity index (χ1v) is 7.36. The third kappa shape index (κ3) is 6.67. The molecule has 3 nitrogen and oxygen atoms in total. The van der Waals surface area contributed by atoms with Crippen LogP contribution in [0, 0.1) is 0 Å². The van der Waals surface area contributed by atoms with Crippen LogP contribution in [0.3, 0.4) is 0 Å². The Bertz CT molecular complexity index is 559. The zero-order chi connectivity index (χ0) is 15.1. The van der Waals surface area contributed by atoms with Crippen molar-refractivity contribution in [2.45, 2.75) is 26.2 Å². The van der Waals surface area contributed by atoms with Gasteiger partial charge in [0.05, 0.1) is 6.10 Å². The van der Waals surface area contributed by atoms with Gasteiger partial charge in [0, 0.05) is 18.1 Å².